The average molecular weight is 315 g/mol. The Morgan fingerprint density at radius 3 is 2.83 bits per heavy atom. The Bertz CT molecular complexity index is 736. The topological polar surface area (TPSA) is 62.5 Å². The van der Waals surface area contributed by atoms with Crippen molar-refractivity contribution in [1.82, 2.24) is 19.5 Å². The maximum absolute atomic E-state index is 12.1. The molecular formula is C17H25N5O. The summed E-state index contributed by atoms with van der Waals surface area (Å²) >= 11 is 0. The summed E-state index contributed by atoms with van der Waals surface area (Å²) in [6.45, 7) is 9.85. The van der Waals surface area contributed by atoms with Crippen LogP contribution >= 0.6 is 0 Å². The van der Waals surface area contributed by atoms with E-state index in [1.807, 2.05) is 22.4 Å². The molecule has 1 aliphatic heterocycles. The molecule has 6 nitrogen and oxygen atoms in total. The number of aryl methyl sites for hydroxylation is 3. The van der Waals surface area contributed by atoms with Crippen molar-refractivity contribution in [3.8, 4) is 0 Å². The van der Waals surface area contributed by atoms with Crippen LogP contribution in [-0.2, 0) is 11.2 Å². The first-order valence-corrected chi connectivity index (χ1v) is 8.43. The van der Waals surface area contributed by atoms with Crippen molar-refractivity contribution >= 4 is 17.4 Å². The van der Waals surface area contributed by atoms with E-state index in [-0.39, 0.29) is 11.9 Å². The molecule has 23 heavy (non-hydrogen) atoms. The van der Waals surface area contributed by atoms with E-state index < -0.39 is 0 Å². The van der Waals surface area contributed by atoms with E-state index in [2.05, 4.69) is 31.2 Å². The van der Waals surface area contributed by atoms with E-state index in [9.17, 15) is 4.79 Å². The monoisotopic (exact) mass is 315 g/mol. The van der Waals surface area contributed by atoms with Gasteiger partial charge in [-0.15, -0.1) is 0 Å². The lowest BCUT2D eigenvalue weighted by Gasteiger charge is -2.17. The molecule has 0 spiro atoms. The molecule has 3 heterocycles. The fourth-order valence-electron chi connectivity index (χ4n) is 3.13. The molecule has 6 heteroatoms. The molecule has 0 aliphatic carbocycles. The molecule has 0 saturated carbocycles. The Morgan fingerprint density at radius 2 is 2.13 bits per heavy atom. The second-order valence-corrected chi connectivity index (χ2v) is 6.32. The summed E-state index contributed by atoms with van der Waals surface area (Å²) in [5.41, 5.74) is 4.04. The van der Waals surface area contributed by atoms with Crippen LogP contribution in [0.4, 0.5) is 5.82 Å². The van der Waals surface area contributed by atoms with Gasteiger partial charge in [-0.3, -0.25) is 4.79 Å². The third-order valence-corrected chi connectivity index (χ3v) is 4.53. The van der Waals surface area contributed by atoms with Crippen molar-refractivity contribution in [3.63, 3.8) is 0 Å². The zero-order valence-electron chi connectivity index (χ0n) is 14.4. The zero-order valence-corrected chi connectivity index (χ0v) is 14.4. The molecule has 1 fully saturated rings. The lowest BCUT2D eigenvalue weighted by molar-refractivity contribution is -0.127. The number of hydrogen-bond acceptors (Lipinski definition) is 4. The number of anilines is 1. The maximum atomic E-state index is 12.1. The highest BCUT2D eigenvalue weighted by atomic mass is 16.2. The second kappa shape index (κ2) is 6.18. The van der Waals surface area contributed by atoms with Crippen molar-refractivity contribution in [2.45, 2.75) is 53.0 Å². The van der Waals surface area contributed by atoms with Crippen molar-refractivity contribution in [1.29, 1.82) is 0 Å². The van der Waals surface area contributed by atoms with Gasteiger partial charge < -0.3 is 10.2 Å². The second-order valence-electron chi connectivity index (χ2n) is 6.32. The number of carbonyl (C=O) groups excluding carboxylic acids is 1. The minimum Gasteiger partial charge on any atom is -0.365 e. The third-order valence-electron chi connectivity index (χ3n) is 4.53. The number of nitrogens with one attached hydrogen (secondary N) is 1. The number of nitrogens with zero attached hydrogens (tertiary/aromatic N) is 4. The Hall–Kier alpha value is -2.11. The summed E-state index contributed by atoms with van der Waals surface area (Å²) in [6, 6.07) is 2.18. The largest absolute Gasteiger partial charge is 0.365 e. The van der Waals surface area contributed by atoms with Crippen molar-refractivity contribution in [2.24, 2.45) is 0 Å². The molecule has 0 bridgehead atoms. The highest BCUT2D eigenvalue weighted by molar-refractivity contribution is 5.80. The Balaban J connectivity index is 1.91. The summed E-state index contributed by atoms with van der Waals surface area (Å²) in [4.78, 5) is 18.7. The fraction of sp³-hybridized carbons (Fsp3) is 0.588. The van der Waals surface area contributed by atoms with Crippen LogP contribution in [0.3, 0.4) is 0 Å². The van der Waals surface area contributed by atoms with Gasteiger partial charge in [0, 0.05) is 36.8 Å². The quantitative estimate of drug-likeness (QED) is 0.920. The number of likely N-dealkylation sites (tertiary alicyclic amines) is 1. The number of amides is 1. The van der Waals surface area contributed by atoms with Crippen molar-refractivity contribution < 1.29 is 4.79 Å². The van der Waals surface area contributed by atoms with E-state index in [0.717, 1.165) is 54.3 Å². The highest BCUT2D eigenvalue weighted by Crippen LogP contribution is 2.22. The fourth-order valence-corrected chi connectivity index (χ4v) is 3.13. The van der Waals surface area contributed by atoms with Gasteiger partial charge in [0.2, 0.25) is 5.91 Å². The van der Waals surface area contributed by atoms with Crippen molar-refractivity contribution in [3.05, 3.63) is 23.0 Å². The van der Waals surface area contributed by atoms with Crippen LogP contribution in [0, 0.1) is 13.8 Å². The first-order valence-electron chi connectivity index (χ1n) is 8.43. The Labute approximate surface area is 136 Å². The average Bonchev–Trinajstić information content (AvgIpc) is 3.01. The minimum absolute atomic E-state index is 0.133. The summed E-state index contributed by atoms with van der Waals surface area (Å²) < 4.78 is 1.87. The van der Waals surface area contributed by atoms with E-state index in [1.165, 1.54) is 0 Å². The van der Waals surface area contributed by atoms with Gasteiger partial charge in [-0.25, -0.2) is 4.98 Å². The van der Waals surface area contributed by atoms with E-state index in [4.69, 9.17) is 4.98 Å². The molecule has 1 atom stereocenters. The van der Waals surface area contributed by atoms with Crippen LogP contribution in [0.1, 0.15) is 43.6 Å². The van der Waals surface area contributed by atoms with Crippen LogP contribution in [0.5, 0.6) is 0 Å². The first kappa shape index (κ1) is 15.8. The molecule has 1 aliphatic rings. The van der Waals surface area contributed by atoms with Crippen LogP contribution in [0.15, 0.2) is 6.07 Å². The van der Waals surface area contributed by atoms with Gasteiger partial charge in [0.15, 0.2) is 5.65 Å². The summed E-state index contributed by atoms with van der Waals surface area (Å²) in [6.07, 6.45) is 2.42. The highest BCUT2D eigenvalue weighted by Gasteiger charge is 2.29. The number of rotatable bonds is 5. The SMILES string of the molecule is CCCN1C[C@H](Nc2cc(CC)nc3c(C)c(C)nn23)CC1=O. The van der Waals surface area contributed by atoms with Gasteiger partial charge in [-0.05, 0) is 26.7 Å². The van der Waals surface area contributed by atoms with Gasteiger partial charge in [0.05, 0.1) is 11.7 Å². The van der Waals surface area contributed by atoms with Gasteiger partial charge in [-0.1, -0.05) is 13.8 Å². The van der Waals surface area contributed by atoms with E-state index in [1.54, 1.807) is 0 Å². The minimum atomic E-state index is 0.133. The molecule has 2 aromatic rings. The summed E-state index contributed by atoms with van der Waals surface area (Å²) in [7, 11) is 0. The number of hydrogen-bond donors (Lipinski definition) is 1. The molecule has 1 amide bonds. The third kappa shape index (κ3) is 2.90. The number of fused-ring (bicyclic) bond motifs is 1. The standard InChI is InChI=1S/C17H25N5O/c1-5-7-21-10-14(9-16(21)23)18-15-8-13(6-2)19-17-11(3)12(4)20-22(15)17/h8,14,18H,5-7,9-10H2,1-4H3/t14-/m1/s1. The van der Waals surface area contributed by atoms with Crippen LogP contribution in [0.25, 0.3) is 5.65 Å². The first-order chi connectivity index (χ1) is 11.0. The molecule has 0 unspecified atom stereocenters. The summed E-state index contributed by atoms with van der Waals surface area (Å²) in [5, 5.41) is 8.11. The van der Waals surface area contributed by atoms with Crippen molar-refractivity contribution in [2.75, 3.05) is 18.4 Å². The molecule has 0 aromatic carbocycles. The van der Waals surface area contributed by atoms with Crippen LogP contribution in [0.2, 0.25) is 0 Å². The number of carbonyl (C=O) groups is 1. The molecule has 1 saturated heterocycles. The molecule has 0 radical (unpaired) electrons. The predicted molar refractivity (Wildman–Crippen MR) is 90.7 cm³/mol. The zero-order chi connectivity index (χ0) is 16.6. The van der Waals surface area contributed by atoms with E-state index in [0.29, 0.717) is 6.42 Å². The molecule has 1 N–H and O–H groups in total. The van der Waals surface area contributed by atoms with Gasteiger partial charge >= 0.3 is 0 Å². The van der Waals surface area contributed by atoms with Gasteiger partial charge in [-0.2, -0.15) is 9.61 Å². The lowest BCUT2D eigenvalue weighted by atomic mass is 10.2. The lowest BCUT2D eigenvalue weighted by Crippen LogP contribution is -2.29. The predicted octanol–water partition coefficient (Wildman–Crippen LogP) is 2.33. The van der Waals surface area contributed by atoms with E-state index >= 15 is 0 Å². The Morgan fingerprint density at radius 1 is 1.35 bits per heavy atom. The number of aromatic nitrogens is 3. The molecule has 3 rings (SSSR count). The van der Waals surface area contributed by atoms with Crippen LogP contribution < -0.4 is 5.32 Å². The van der Waals surface area contributed by atoms with Gasteiger partial charge in [0.1, 0.15) is 5.82 Å². The summed E-state index contributed by atoms with van der Waals surface area (Å²) in [5.74, 6) is 1.16. The molecule has 124 valence electrons. The smallest absolute Gasteiger partial charge is 0.224 e. The Kier molecular flexibility index (Phi) is 4.24. The van der Waals surface area contributed by atoms with Crippen LogP contribution in [-0.4, -0.2) is 44.5 Å². The molecular weight excluding hydrogens is 290 g/mol. The molecule has 2 aromatic heterocycles. The normalized spacial score (nSPS) is 18.2. The van der Waals surface area contributed by atoms with Gasteiger partial charge in [0.25, 0.3) is 0 Å². The maximum Gasteiger partial charge on any atom is 0.224 e.